The second kappa shape index (κ2) is 5.76. The van der Waals surface area contributed by atoms with Gasteiger partial charge in [-0.15, -0.1) is 0 Å². The molecule has 6 N–H and O–H groups in total. The molecule has 0 saturated carbocycles. The second-order valence-electron chi connectivity index (χ2n) is 5.25. The van der Waals surface area contributed by atoms with Crippen molar-refractivity contribution in [2.45, 2.75) is 0 Å². The summed E-state index contributed by atoms with van der Waals surface area (Å²) in [6, 6.07) is 0. The fourth-order valence-corrected chi connectivity index (χ4v) is 2.18. The molecule has 0 atom stereocenters. The van der Waals surface area contributed by atoms with Gasteiger partial charge in [0.1, 0.15) is 11.3 Å². The minimum atomic E-state index is -0.562. The molecule has 4 rings (SSSR count). The van der Waals surface area contributed by atoms with E-state index >= 15 is 0 Å². The lowest BCUT2D eigenvalue weighted by Gasteiger charge is -1.93. The average Bonchev–Trinajstić information content (AvgIpc) is 3.13. The van der Waals surface area contributed by atoms with Gasteiger partial charge in [0.25, 0.3) is 11.1 Å². The van der Waals surface area contributed by atoms with Crippen molar-refractivity contribution in [2.75, 3.05) is 0 Å². The Morgan fingerprint density at radius 3 is 1.23 bits per heavy atom. The Morgan fingerprint density at radius 1 is 0.538 bits per heavy atom. The number of hydrogen-bond donors (Lipinski definition) is 6. The molecular weight excluding hydrogens is 352 g/mol. The first-order valence-electron chi connectivity index (χ1n) is 7.01. The topological polar surface area (TPSA) is 207 Å². The maximum Gasteiger partial charge on any atom is 0.329 e. The number of H-pyrrole nitrogens is 6. The lowest BCUT2D eigenvalue weighted by atomic mass is 10.5. The zero-order valence-corrected chi connectivity index (χ0v) is 13.3. The third-order valence-corrected chi connectivity index (χ3v) is 3.56. The highest BCUT2D eigenvalue weighted by Crippen LogP contribution is 1.91. The smallest absolute Gasteiger partial charge is 0.300 e. The first kappa shape index (κ1) is 16.7. The van der Waals surface area contributed by atoms with Crippen molar-refractivity contribution in [3.63, 3.8) is 0 Å². The molecule has 0 aliphatic carbocycles. The van der Waals surface area contributed by atoms with Gasteiger partial charge in [-0.05, 0) is 0 Å². The summed E-state index contributed by atoms with van der Waals surface area (Å²) in [4.78, 5) is 80.1. The first-order chi connectivity index (χ1) is 12.2. The summed E-state index contributed by atoms with van der Waals surface area (Å²) in [7, 11) is 2.65. The van der Waals surface area contributed by atoms with Crippen LogP contribution in [0.3, 0.4) is 0 Å². The van der Waals surface area contributed by atoms with Crippen LogP contribution in [0.25, 0.3) is 22.3 Å². The average molecular weight is 364 g/mol. The number of aromatic amines is 6. The summed E-state index contributed by atoms with van der Waals surface area (Å²) in [5.41, 5.74) is -2.83. The third kappa shape index (κ3) is 2.64. The van der Waals surface area contributed by atoms with Crippen LogP contribution in [0.15, 0.2) is 28.8 Å². The van der Waals surface area contributed by atoms with Crippen LogP contribution in [-0.4, -0.2) is 39.0 Å². The number of aromatic nitrogens is 8. The van der Waals surface area contributed by atoms with E-state index in [9.17, 15) is 28.8 Å². The van der Waals surface area contributed by atoms with Crippen LogP contribution in [0.5, 0.6) is 0 Å². The van der Waals surface area contributed by atoms with Gasteiger partial charge in [-0.1, -0.05) is 0 Å². The fourth-order valence-electron chi connectivity index (χ4n) is 2.18. The van der Waals surface area contributed by atoms with E-state index in [0.717, 1.165) is 9.13 Å². The number of nitrogens with one attached hydrogen (secondary N) is 6. The number of hydrogen-bond acceptors (Lipinski definition) is 6. The molecule has 0 fully saturated rings. The molecule has 4 aromatic rings. The highest BCUT2D eigenvalue weighted by molar-refractivity contribution is 5.68. The minimum Gasteiger partial charge on any atom is -0.300 e. The molecule has 0 radical (unpaired) electrons. The van der Waals surface area contributed by atoms with E-state index in [1.807, 2.05) is 0 Å². The van der Waals surface area contributed by atoms with Gasteiger partial charge in [-0.25, -0.2) is 19.2 Å². The maximum absolute atomic E-state index is 11.3. The maximum atomic E-state index is 11.3. The van der Waals surface area contributed by atoms with Gasteiger partial charge in [0, 0.05) is 14.1 Å². The van der Waals surface area contributed by atoms with Crippen molar-refractivity contribution in [3.05, 3.63) is 62.6 Å². The summed E-state index contributed by atoms with van der Waals surface area (Å²) in [5.74, 6) is 0. The summed E-state index contributed by atoms with van der Waals surface area (Å²) < 4.78 is 1.76. The molecule has 0 saturated heterocycles. The molecule has 14 heteroatoms. The van der Waals surface area contributed by atoms with Crippen molar-refractivity contribution in [3.8, 4) is 0 Å². The van der Waals surface area contributed by atoms with E-state index in [2.05, 4.69) is 29.9 Å². The van der Waals surface area contributed by atoms with Crippen molar-refractivity contribution in [1.29, 1.82) is 0 Å². The Balaban J connectivity index is 0.000000151. The zero-order chi connectivity index (χ0) is 19.2. The molecule has 4 heterocycles. The predicted octanol–water partition coefficient (Wildman–Crippen LogP) is -3.51. The molecule has 0 aliphatic heterocycles. The van der Waals surface area contributed by atoms with Gasteiger partial charge in [-0.2, -0.15) is 0 Å². The van der Waals surface area contributed by atoms with Crippen LogP contribution in [0.1, 0.15) is 0 Å². The van der Waals surface area contributed by atoms with Gasteiger partial charge in [-0.3, -0.25) is 48.6 Å². The second-order valence-corrected chi connectivity index (χ2v) is 5.25. The van der Waals surface area contributed by atoms with Crippen LogP contribution in [-0.2, 0) is 14.1 Å². The number of fused-ring (bicyclic) bond motifs is 2. The Bertz CT molecular complexity index is 1370. The van der Waals surface area contributed by atoms with E-state index < -0.39 is 33.9 Å². The molecule has 136 valence electrons. The molecule has 4 aromatic heterocycles. The Labute approximate surface area is 139 Å². The molecule has 0 spiro atoms. The zero-order valence-electron chi connectivity index (χ0n) is 13.3. The van der Waals surface area contributed by atoms with Crippen LogP contribution in [0.2, 0.25) is 0 Å². The predicted molar refractivity (Wildman–Crippen MR) is 89.6 cm³/mol. The van der Waals surface area contributed by atoms with Crippen LogP contribution < -0.4 is 33.9 Å². The molecule has 26 heavy (non-hydrogen) atoms. The monoisotopic (exact) mass is 364 g/mol. The first-order valence-corrected chi connectivity index (χ1v) is 7.01. The lowest BCUT2D eigenvalue weighted by molar-refractivity contribution is 0.790. The van der Waals surface area contributed by atoms with Crippen molar-refractivity contribution in [1.82, 2.24) is 39.0 Å². The van der Waals surface area contributed by atoms with E-state index in [1.165, 1.54) is 14.1 Å². The highest BCUT2D eigenvalue weighted by atomic mass is 16.2. The van der Waals surface area contributed by atoms with Crippen LogP contribution in [0.4, 0.5) is 0 Å². The molecule has 0 amide bonds. The molecule has 14 nitrogen and oxygen atoms in total. The summed E-state index contributed by atoms with van der Waals surface area (Å²) in [6.07, 6.45) is 0. The van der Waals surface area contributed by atoms with E-state index in [4.69, 9.17) is 0 Å². The molecular formula is C12H12N8O6. The van der Waals surface area contributed by atoms with Gasteiger partial charge in [0.2, 0.25) is 0 Å². The Hall–Kier alpha value is -4.10. The van der Waals surface area contributed by atoms with Crippen molar-refractivity contribution < 1.29 is 0 Å². The standard InChI is InChI=1S/2C6H6N4O3/c2*1-10-4(11)2-3(9-6(10)13)8-5(12)7-2/h2*1H3,(H,9,13)(H2,7,8,12). The number of nitrogens with zero attached hydrogens (tertiary/aromatic N) is 2. The molecule has 0 bridgehead atoms. The Kier molecular flexibility index (Phi) is 3.71. The largest absolute Gasteiger partial charge is 0.329 e. The summed E-state index contributed by atoms with van der Waals surface area (Å²) in [6.45, 7) is 0. The fraction of sp³-hybridized carbons (Fsp3) is 0.167. The highest BCUT2D eigenvalue weighted by Gasteiger charge is 2.07. The normalized spacial score (nSPS) is 10.8. The van der Waals surface area contributed by atoms with E-state index in [0.29, 0.717) is 0 Å². The Morgan fingerprint density at radius 2 is 0.885 bits per heavy atom. The molecule has 0 aliphatic rings. The summed E-state index contributed by atoms with van der Waals surface area (Å²) in [5, 5.41) is 0. The van der Waals surface area contributed by atoms with Crippen LogP contribution in [0, 0.1) is 0 Å². The van der Waals surface area contributed by atoms with Gasteiger partial charge in [0.15, 0.2) is 11.0 Å². The third-order valence-electron chi connectivity index (χ3n) is 3.56. The van der Waals surface area contributed by atoms with E-state index in [1.54, 1.807) is 0 Å². The molecule has 0 aromatic carbocycles. The summed E-state index contributed by atoms with van der Waals surface area (Å²) >= 11 is 0. The molecule has 0 unspecified atom stereocenters. The SMILES string of the molecule is Cn1c(=O)[nH]c2[nH]c(=O)[nH]c2c1=O.Cn1c(=O)[nH]c2[nH]c(=O)[nH]c2c1=O. The van der Waals surface area contributed by atoms with Gasteiger partial charge in [0.05, 0.1) is 0 Å². The van der Waals surface area contributed by atoms with Crippen molar-refractivity contribution in [2.24, 2.45) is 14.1 Å². The van der Waals surface area contributed by atoms with Gasteiger partial charge < -0.3 is 0 Å². The van der Waals surface area contributed by atoms with Gasteiger partial charge >= 0.3 is 22.8 Å². The lowest BCUT2D eigenvalue weighted by Crippen LogP contribution is -2.32. The quantitative estimate of drug-likeness (QED) is 0.186. The van der Waals surface area contributed by atoms with E-state index in [-0.39, 0.29) is 22.3 Å². The number of rotatable bonds is 0. The van der Waals surface area contributed by atoms with Crippen molar-refractivity contribution >= 4 is 22.3 Å². The van der Waals surface area contributed by atoms with Crippen LogP contribution >= 0.6 is 0 Å². The number of imidazole rings is 2. The minimum absolute atomic E-state index is 0.0760.